The van der Waals surface area contributed by atoms with E-state index in [4.69, 9.17) is 0 Å². The summed E-state index contributed by atoms with van der Waals surface area (Å²) in [6, 6.07) is 14.5. The first kappa shape index (κ1) is 18.0. The molecule has 1 spiro atoms. The molecule has 2 N–H and O–H groups in total. The van der Waals surface area contributed by atoms with Gasteiger partial charge in [-0.3, -0.25) is 14.6 Å². The van der Waals surface area contributed by atoms with Gasteiger partial charge in [-0.25, -0.2) is 0 Å². The lowest BCUT2D eigenvalue weighted by molar-refractivity contribution is 0.0670. The third kappa shape index (κ3) is 2.78. The quantitative estimate of drug-likeness (QED) is 0.529. The molecule has 1 aromatic carbocycles. The molecule has 1 amide bonds. The number of aromatic nitrogens is 5. The minimum absolute atomic E-state index is 0.0101. The number of hydrogen-bond donors (Lipinski definition) is 2. The lowest BCUT2D eigenvalue weighted by Gasteiger charge is -2.46. The molecule has 6 rings (SSSR count). The number of hydrogen-bond acceptors (Lipinski definition) is 4. The first-order valence-corrected chi connectivity index (χ1v) is 10.5. The van der Waals surface area contributed by atoms with Crippen molar-refractivity contribution in [3.05, 3.63) is 72.4 Å². The number of aryl methyl sites for hydroxylation is 1. The van der Waals surface area contributed by atoms with E-state index in [1.54, 1.807) is 10.9 Å². The van der Waals surface area contributed by atoms with Crippen LogP contribution >= 0.6 is 0 Å². The molecule has 2 aliphatic rings. The summed E-state index contributed by atoms with van der Waals surface area (Å²) in [4.78, 5) is 15.0. The van der Waals surface area contributed by atoms with Crippen LogP contribution in [0.25, 0.3) is 16.9 Å². The molecule has 0 bridgehead atoms. The zero-order chi connectivity index (χ0) is 21.0. The fourth-order valence-corrected chi connectivity index (χ4v) is 4.87. The van der Waals surface area contributed by atoms with Crippen molar-refractivity contribution in [2.45, 2.75) is 18.4 Å². The Labute approximate surface area is 179 Å². The first-order valence-electron chi connectivity index (χ1n) is 10.5. The topological polar surface area (TPSA) is 83.8 Å². The van der Waals surface area contributed by atoms with Gasteiger partial charge in [-0.05, 0) is 43.2 Å². The highest BCUT2D eigenvalue weighted by Crippen LogP contribution is 2.43. The van der Waals surface area contributed by atoms with E-state index in [0.717, 1.165) is 29.8 Å². The number of aromatic amines is 1. The second-order valence-electron chi connectivity index (χ2n) is 8.35. The monoisotopic (exact) mass is 413 g/mol. The van der Waals surface area contributed by atoms with Crippen molar-refractivity contribution in [2.24, 2.45) is 7.05 Å². The predicted molar refractivity (Wildman–Crippen MR) is 117 cm³/mol. The van der Waals surface area contributed by atoms with Gasteiger partial charge in [0.25, 0.3) is 5.91 Å². The normalized spacial score (nSPS) is 16.6. The van der Waals surface area contributed by atoms with Crippen LogP contribution in [0.1, 0.15) is 29.0 Å². The number of H-pyrrole nitrogens is 1. The number of carbonyl (C=O) groups is 1. The van der Waals surface area contributed by atoms with Gasteiger partial charge in [0, 0.05) is 43.8 Å². The van der Waals surface area contributed by atoms with E-state index >= 15 is 0 Å². The number of anilines is 1. The molecule has 4 aromatic rings. The summed E-state index contributed by atoms with van der Waals surface area (Å²) in [7, 11) is 1.86. The number of rotatable bonds is 2. The van der Waals surface area contributed by atoms with Crippen LogP contribution in [0.3, 0.4) is 0 Å². The maximum Gasteiger partial charge on any atom is 0.271 e. The Balaban J connectivity index is 1.22. The van der Waals surface area contributed by atoms with Crippen molar-refractivity contribution in [1.82, 2.24) is 29.4 Å². The fraction of sp³-hybridized carbons (Fsp3) is 0.261. The molecule has 3 aromatic heterocycles. The molecule has 0 unspecified atom stereocenters. The van der Waals surface area contributed by atoms with E-state index in [2.05, 4.69) is 67.8 Å². The molecule has 0 radical (unpaired) electrons. The van der Waals surface area contributed by atoms with E-state index in [-0.39, 0.29) is 11.4 Å². The molecule has 31 heavy (non-hydrogen) atoms. The molecule has 5 heterocycles. The third-order valence-corrected chi connectivity index (χ3v) is 6.49. The van der Waals surface area contributed by atoms with Crippen molar-refractivity contribution in [1.29, 1.82) is 0 Å². The molecule has 2 aliphatic heterocycles. The standard InChI is InChI=1S/C23H23N7O/c1-28-15-16(14-24-28)18-13-19(27-26-18)22(31)29-11-8-23(9-12-29)21-7-4-10-30(21)20-6-3-2-5-17(20)25-23/h2-7,10,13-15,25H,8-9,11-12H2,1H3,(H,26,27). The van der Waals surface area contributed by atoms with Crippen molar-refractivity contribution < 1.29 is 4.79 Å². The van der Waals surface area contributed by atoms with Crippen LogP contribution in [-0.2, 0) is 12.6 Å². The van der Waals surface area contributed by atoms with Crippen molar-refractivity contribution in [3.8, 4) is 16.9 Å². The minimum Gasteiger partial charge on any atom is -0.372 e. The number of nitrogens with zero attached hydrogens (tertiary/aromatic N) is 5. The Morgan fingerprint density at radius 3 is 2.77 bits per heavy atom. The minimum atomic E-state index is -0.163. The van der Waals surface area contributed by atoms with Gasteiger partial charge in [-0.15, -0.1) is 0 Å². The molecular formula is C23H23N7O. The average molecular weight is 413 g/mol. The van der Waals surface area contributed by atoms with Crippen molar-refractivity contribution >= 4 is 11.6 Å². The summed E-state index contributed by atoms with van der Waals surface area (Å²) >= 11 is 0. The number of fused-ring (bicyclic) bond motifs is 4. The fourth-order valence-electron chi connectivity index (χ4n) is 4.87. The van der Waals surface area contributed by atoms with E-state index in [9.17, 15) is 4.79 Å². The van der Waals surface area contributed by atoms with Gasteiger partial charge in [-0.1, -0.05) is 12.1 Å². The Kier molecular flexibility index (Phi) is 3.83. The summed E-state index contributed by atoms with van der Waals surface area (Å²) in [6.45, 7) is 1.36. The van der Waals surface area contributed by atoms with Crippen LogP contribution < -0.4 is 5.32 Å². The summed E-state index contributed by atoms with van der Waals surface area (Å²) in [5, 5.41) is 15.2. The molecule has 0 atom stereocenters. The lowest BCUT2D eigenvalue weighted by Crippen LogP contribution is -2.51. The van der Waals surface area contributed by atoms with E-state index < -0.39 is 0 Å². The first-order chi connectivity index (χ1) is 15.1. The van der Waals surface area contributed by atoms with Crippen LogP contribution in [0.15, 0.2) is 61.1 Å². The molecule has 1 fully saturated rings. The SMILES string of the molecule is Cn1cc(-c2cc(C(=O)N3CCC4(CC3)Nc3ccccc3-n3cccc34)[nH]n2)cn1. The van der Waals surface area contributed by atoms with Crippen LogP contribution in [0.2, 0.25) is 0 Å². The molecule has 156 valence electrons. The van der Waals surface area contributed by atoms with Crippen LogP contribution in [-0.4, -0.2) is 48.4 Å². The van der Waals surface area contributed by atoms with Gasteiger partial charge in [0.15, 0.2) is 0 Å². The summed E-state index contributed by atoms with van der Waals surface area (Å²) < 4.78 is 4.00. The van der Waals surface area contributed by atoms with Gasteiger partial charge in [0.05, 0.1) is 28.8 Å². The largest absolute Gasteiger partial charge is 0.372 e. The van der Waals surface area contributed by atoms with Crippen LogP contribution in [0.4, 0.5) is 5.69 Å². The molecule has 0 saturated carbocycles. The van der Waals surface area contributed by atoms with E-state index in [1.807, 2.05) is 24.2 Å². The number of likely N-dealkylation sites (tertiary alicyclic amines) is 1. The van der Waals surface area contributed by atoms with Gasteiger partial charge >= 0.3 is 0 Å². The number of piperidine rings is 1. The second kappa shape index (κ2) is 6.60. The Bertz CT molecular complexity index is 1270. The lowest BCUT2D eigenvalue weighted by atomic mass is 9.82. The Morgan fingerprint density at radius 1 is 1.13 bits per heavy atom. The zero-order valence-corrected chi connectivity index (χ0v) is 17.2. The molecule has 1 saturated heterocycles. The van der Waals surface area contributed by atoms with Gasteiger partial charge in [-0.2, -0.15) is 10.2 Å². The number of carbonyl (C=O) groups excluding carboxylic acids is 1. The van der Waals surface area contributed by atoms with E-state index in [0.29, 0.717) is 18.8 Å². The van der Waals surface area contributed by atoms with Gasteiger partial charge in [0.2, 0.25) is 0 Å². The summed E-state index contributed by atoms with van der Waals surface area (Å²) in [5.41, 5.74) is 5.55. The second-order valence-corrected chi connectivity index (χ2v) is 8.35. The zero-order valence-electron chi connectivity index (χ0n) is 17.2. The molecule has 8 nitrogen and oxygen atoms in total. The van der Waals surface area contributed by atoms with Gasteiger partial charge in [0.1, 0.15) is 5.69 Å². The third-order valence-electron chi connectivity index (χ3n) is 6.49. The Morgan fingerprint density at radius 2 is 1.97 bits per heavy atom. The van der Waals surface area contributed by atoms with Gasteiger partial charge < -0.3 is 14.8 Å². The molecule has 0 aliphatic carbocycles. The number of para-hydroxylation sites is 2. The highest BCUT2D eigenvalue weighted by Gasteiger charge is 2.42. The maximum absolute atomic E-state index is 13.1. The predicted octanol–water partition coefficient (Wildman–Crippen LogP) is 3.16. The smallest absolute Gasteiger partial charge is 0.271 e. The van der Waals surface area contributed by atoms with Crippen LogP contribution in [0, 0.1) is 0 Å². The van der Waals surface area contributed by atoms with Crippen molar-refractivity contribution in [2.75, 3.05) is 18.4 Å². The highest BCUT2D eigenvalue weighted by atomic mass is 16.2. The average Bonchev–Trinajstić information content (AvgIpc) is 3.55. The number of amides is 1. The summed E-state index contributed by atoms with van der Waals surface area (Å²) in [5.74, 6) is -0.0101. The summed E-state index contributed by atoms with van der Waals surface area (Å²) in [6.07, 6.45) is 7.45. The number of nitrogens with one attached hydrogen (secondary N) is 2. The van der Waals surface area contributed by atoms with E-state index in [1.165, 1.54) is 11.4 Å². The number of benzene rings is 1. The van der Waals surface area contributed by atoms with Crippen LogP contribution in [0.5, 0.6) is 0 Å². The molecule has 8 heteroatoms. The highest BCUT2D eigenvalue weighted by molar-refractivity contribution is 5.93. The maximum atomic E-state index is 13.1. The van der Waals surface area contributed by atoms with Crippen molar-refractivity contribution in [3.63, 3.8) is 0 Å². The molecular weight excluding hydrogens is 390 g/mol. The Hall–Kier alpha value is -3.81.